The molecule has 0 aliphatic heterocycles. The molecule has 30 heavy (non-hydrogen) atoms. The Morgan fingerprint density at radius 2 is 1.37 bits per heavy atom. The van der Waals surface area contributed by atoms with Crippen LogP contribution in [0.3, 0.4) is 0 Å². The molecule has 1 heteroatoms. The molecule has 1 heterocycles. The molecule has 1 nitrogen and oxygen atoms in total. The number of benzene rings is 5. The number of hydrogen-bond acceptors (Lipinski definition) is 1. The molecule has 5 aromatic carbocycles. The van der Waals surface area contributed by atoms with Crippen LogP contribution in [-0.2, 0) is 6.42 Å². The first-order chi connectivity index (χ1) is 14.8. The average Bonchev–Trinajstić information content (AvgIpc) is 3.35. The molecule has 0 bridgehead atoms. The molecular formula is C29H18O. The summed E-state index contributed by atoms with van der Waals surface area (Å²) in [6.07, 6.45) is 1.000. The molecule has 0 atom stereocenters. The molecule has 6 aromatic rings. The number of para-hydroxylation sites is 1. The zero-order valence-electron chi connectivity index (χ0n) is 16.4. The summed E-state index contributed by atoms with van der Waals surface area (Å²) in [4.78, 5) is 0. The predicted octanol–water partition coefficient (Wildman–Crippen LogP) is 7.98. The normalized spacial score (nSPS) is 12.5. The van der Waals surface area contributed by atoms with Crippen LogP contribution in [0.15, 0.2) is 101 Å². The van der Waals surface area contributed by atoms with Gasteiger partial charge in [-0.3, -0.25) is 0 Å². The van der Waals surface area contributed by atoms with E-state index >= 15 is 0 Å². The summed E-state index contributed by atoms with van der Waals surface area (Å²) in [5.74, 6) is 0. The Kier molecular flexibility index (Phi) is 3.12. The maximum atomic E-state index is 6.13. The second-order valence-corrected chi connectivity index (χ2v) is 8.18. The smallest absolute Gasteiger partial charge is 0.136 e. The van der Waals surface area contributed by atoms with Gasteiger partial charge in [-0.05, 0) is 74.8 Å². The lowest BCUT2D eigenvalue weighted by Crippen LogP contribution is -1.83. The fourth-order valence-corrected chi connectivity index (χ4v) is 5.04. The Morgan fingerprint density at radius 1 is 0.533 bits per heavy atom. The van der Waals surface area contributed by atoms with E-state index in [2.05, 4.69) is 91.0 Å². The molecule has 1 aliphatic rings. The molecule has 0 N–H and O–H groups in total. The van der Waals surface area contributed by atoms with E-state index in [-0.39, 0.29) is 0 Å². The van der Waals surface area contributed by atoms with Crippen LogP contribution < -0.4 is 0 Å². The van der Waals surface area contributed by atoms with Crippen molar-refractivity contribution >= 4 is 32.7 Å². The van der Waals surface area contributed by atoms with Gasteiger partial charge in [-0.2, -0.15) is 0 Å². The summed E-state index contributed by atoms with van der Waals surface area (Å²) < 4.78 is 6.13. The number of rotatable bonds is 1. The third-order valence-electron chi connectivity index (χ3n) is 6.47. The fraction of sp³-hybridized carbons (Fsp3) is 0.0345. The summed E-state index contributed by atoms with van der Waals surface area (Å²) in [5, 5.41) is 4.96. The third-order valence-corrected chi connectivity index (χ3v) is 6.47. The van der Waals surface area contributed by atoms with E-state index in [0.717, 1.165) is 17.6 Å². The highest BCUT2D eigenvalue weighted by Gasteiger charge is 2.21. The molecule has 1 aliphatic carbocycles. The van der Waals surface area contributed by atoms with E-state index in [1.54, 1.807) is 0 Å². The topological polar surface area (TPSA) is 13.1 Å². The molecule has 0 saturated heterocycles. The molecule has 0 unspecified atom stereocenters. The highest BCUT2D eigenvalue weighted by molar-refractivity contribution is 6.19. The standard InChI is InChI=1S/C29H18O/c1-2-6-18(7-3-1)19-10-11-20-14-22-15-21-12-13-28-29(23-8-4-5-9-27(23)30-28)26(21)17-25(22)24(20)16-19/h1-13,15-17H,14H2. The van der Waals surface area contributed by atoms with Gasteiger partial charge in [0, 0.05) is 10.8 Å². The molecule has 0 amide bonds. The highest BCUT2D eigenvalue weighted by Crippen LogP contribution is 2.43. The van der Waals surface area contributed by atoms with E-state index < -0.39 is 0 Å². The first-order valence-corrected chi connectivity index (χ1v) is 10.4. The largest absolute Gasteiger partial charge is 0.456 e. The van der Waals surface area contributed by atoms with Crippen molar-refractivity contribution in [2.45, 2.75) is 6.42 Å². The van der Waals surface area contributed by atoms with Crippen LogP contribution >= 0.6 is 0 Å². The van der Waals surface area contributed by atoms with Crippen molar-refractivity contribution in [3.05, 3.63) is 108 Å². The minimum absolute atomic E-state index is 0.951. The van der Waals surface area contributed by atoms with Crippen molar-refractivity contribution in [2.75, 3.05) is 0 Å². The minimum atomic E-state index is 0.951. The molecular weight excluding hydrogens is 364 g/mol. The number of fused-ring (bicyclic) bond motifs is 8. The zero-order valence-corrected chi connectivity index (χ0v) is 16.4. The number of hydrogen-bond donors (Lipinski definition) is 0. The van der Waals surface area contributed by atoms with E-state index in [4.69, 9.17) is 4.42 Å². The Balaban J connectivity index is 1.52. The van der Waals surface area contributed by atoms with Gasteiger partial charge < -0.3 is 4.42 Å². The maximum Gasteiger partial charge on any atom is 0.136 e. The molecule has 0 radical (unpaired) electrons. The van der Waals surface area contributed by atoms with Gasteiger partial charge in [-0.15, -0.1) is 0 Å². The van der Waals surface area contributed by atoms with Crippen molar-refractivity contribution in [2.24, 2.45) is 0 Å². The van der Waals surface area contributed by atoms with Crippen molar-refractivity contribution in [1.29, 1.82) is 0 Å². The minimum Gasteiger partial charge on any atom is -0.456 e. The van der Waals surface area contributed by atoms with Crippen molar-refractivity contribution < 1.29 is 4.42 Å². The Hall–Kier alpha value is -3.84. The van der Waals surface area contributed by atoms with Gasteiger partial charge in [0.2, 0.25) is 0 Å². The van der Waals surface area contributed by atoms with Crippen molar-refractivity contribution in [3.63, 3.8) is 0 Å². The van der Waals surface area contributed by atoms with Gasteiger partial charge in [0.25, 0.3) is 0 Å². The monoisotopic (exact) mass is 382 g/mol. The summed E-state index contributed by atoms with van der Waals surface area (Å²) in [5.41, 5.74) is 9.98. The van der Waals surface area contributed by atoms with Gasteiger partial charge in [0.1, 0.15) is 11.2 Å². The van der Waals surface area contributed by atoms with Crippen LogP contribution in [0, 0.1) is 0 Å². The third kappa shape index (κ3) is 2.18. The molecule has 0 saturated carbocycles. The molecule has 1 aromatic heterocycles. The predicted molar refractivity (Wildman–Crippen MR) is 125 cm³/mol. The molecule has 0 fully saturated rings. The van der Waals surface area contributed by atoms with Crippen LogP contribution in [0.4, 0.5) is 0 Å². The quantitative estimate of drug-likeness (QED) is 0.280. The summed E-state index contributed by atoms with van der Waals surface area (Å²) >= 11 is 0. The highest BCUT2D eigenvalue weighted by atomic mass is 16.3. The van der Waals surface area contributed by atoms with Gasteiger partial charge in [0.05, 0.1) is 0 Å². The molecule has 7 rings (SSSR count). The van der Waals surface area contributed by atoms with Gasteiger partial charge in [-0.25, -0.2) is 0 Å². The first-order valence-electron chi connectivity index (χ1n) is 10.4. The van der Waals surface area contributed by atoms with E-state index in [1.165, 1.54) is 54.9 Å². The van der Waals surface area contributed by atoms with Gasteiger partial charge in [0.15, 0.2) is 0 Å². The number of furan rings is 1. The van der Waals surface area contributed by atoms with E-state index in [1.807, 2.05) is 6.07 Å². The fourth-order valence-electron chi connectivity index (χ4n) is 5.04. The zero-order chi connectivity index (χ0) is 19.7. The Labute approximate surface area is 174 Å². The van der Waals surface area contributed by atoms with Gasteiger partial charge >= 0.3 is 0 Å². The van der Waals surface area contributed by atoms with Crippen LogP contribution in [0.25, 0.3) is 55.0 Å². The summed E-state index contributed by atoms with van der Waals surface area (Å²) in [7, 11) is 0. The molecule has 140 valence electrons. The van der Waals surface area contributed by atoms with Crippen molar-refractivity contribution in [1.82, 2.24) is 0 Å². The maximum absolute atomic E-state index is 6.13. The van der Waals surface area contributed by atoms with Crippen LogP contribution in [0.5, 0.6) is 0 Å². The lowest BCUT2D eigenvalue weighted by molar-refractivity contribution is 0.669. The summed E-state index contributed by atoms with van der Waals surface area (Å²) in [6.45, 7) is 0. The first kappa shape index (κ1) is 16.0. The Morgan fingerprint density at radius 3 is 2.30 bits per heavy atom. The molecule has 0 spiro atoms. The SMILES string of the molecule is c1ccc(-c2ccc3c(c2)-c2cc4c(ccc5oc6ccccc6c54)cc2C3)cc1. The average molecular weight is 382 g/mol. The van der Waals surface area contributed by atoms with Crippen LogP contribution in [0.1, 0.15) is 11.1 Å². The van der Waals surface area contributed by atoms with Gasteiger partial charge in [-0.1, -0.05) is 72.8 Å². The second kappa shape index (κ2) is 5.84. The second-order valence-electron chi connectivity index (χ2n) is 8.18. The van der Waals surface area contributed by atoms with E-state index in [9.17, 15) is 0 Å². The lowest BCUT2D eigenvalue weighted by atomic mass is 9.96. The summed E-state index contributed by atoms with van der Waals surface area (Å²) in [6, 6.07) is 34.9. The van der Waals surface area contributed by atoms with Crippen LogP contribution in [0.2, 0.25) is 0 Å². The van der Waals surface area contributed by atoms with Crippen LogP contribution in [-0.4, -0.2) is 0 Å². The Bertz CT molecular complexity index is 1600. The van der Waals surface area contributed by atoms with E-state index in [0.29, 0.717) is 0 Å². The lowest BCUT2D eigenvalue weighted by Gasteiger charge is -2.08. The van der Waals surface area contributed by atoms with Crippen molar-refractivity contribution in [3.8, 4) is 22.3 Å².